The van der Waals surface area contributed by atoms with Crippen molar-refractivity contribution in [2.24, 2.45) is 0 Å². The van der Waals surface area contributed by atoms with Crippen molar-refractivity contribution < 1.29 is 13.2 Å². The Morgan fingerprint density at radius 1 is 1.12 bits per heavy atom. The van der Waals surface area contributed by atoms with Gasteiger partial charge in [-0.3, -0.25) is 0 Å². The number of hydrogen-bond acceptors (Lipinski definition) is 8. The second kappa shape index (κ2) is 12.0. The van der Waals surface area contributed by atoms with Crippen LogP contribution in [-0.4, -0.2) is 66.3 Å². The average Bonchev–Trinajstić information content (AvgIpc) is 3.25. The van der Waals surface area contributed by atoms with E-state index in [-0.39, 0.29) is 12.0 Å². The molecule has 3 heterocycles. The summed E-state index contributed by atoms with van der Waals surface area (Å²) in [5.74, 6) is 1.81. The lowest BCUT2D eigenvalue weighted by molar-refractivity contribution is 0.290. The Morgan fingerprint density at radius 3 is 2.62 bits per heavy atom. The second-order valence-electron chi connectivity index (χ2n) is 10.5. The van der Waals surface area contributed by atoms with Crippen molar-refractivity contribution in [3.63, 3.8) is 0 Å². The maximum absolute atomic E-state index is 11.8. The highest BCUT2D eigenvalue weighted by Gasteiger charge is 2.25. The zero-order valence-corrected chi connectivity index (χ0v) is 24.3. The zero-order valence-electron chi connectivity index (χ0n) is 23.5. The molecule has 0 spiro atoms. The van der Waals surface area contributed by atoms with Crippen molar-refractivity contribution >= 4 is 43.7 Å². The van der Waals surface area contributed by atoms with Gasteiger partial charge in [-0.2, -0.15) is 4.98 Å². The Hall–Kier alpha value is -3.41. The lowest BCUT2D eigenvalue weighted by Gasteiger charge is -2.30. The molecule has 11 heteroatoms. The Labute approximate surface area is 236 Å². The molecule has 0 amide bonds. The molecule has 0 atom stereocenters. The first-order valence-corrected chi connectivity index (χ1v) is 15.8. The fourth-order valence-corrected chi connectivity index (χ4v) is 6.38. The van der Waals surface area contributed by atoms with Crippen LogP contribution in [0.25, 0.3) is 21.9 Å². The highest BCUT2D eigenvalue weighted by atomic mass is 32.2. The van der Waals surface area contributed by atoms with E-state index in [0.29, 0.717) is 26.2 Å². The van der Waals surface area contributed by atoms with Gasteiger partial charge < -0.3 is 25.7 Å². The largest absolute Gasteiger partial charge is 0.496 e. The van der Waals surface area contributed by atoms with Crippen molar-refractivity contribution in [3.8, 4) is 5.75 Å². The molecule has 0 saturated carbocycles. The third kappa shape index (κ3) is 6.01. The van der Waals surface area contributed by atoms with E-state index in [2.05, 4.69) is 56.4 Å². The van der Waals surface area contributed by atoms with E-state index in [1.165, 1.54) is 6.26 Å². The molecule has 0 aliphatic carbocycles. The monoisotopic (exact) mass is 565 g/mol. The van der Waals surface area contributed by atoms with Crippen molar-refractivity contribution in [1.29, 1.82) is 0 Å². The molecule has 1 saturated heterocycles. The van der Waals surface area contributed by atoms with Crippen LogP contribution >= 0.6 is 0 Å². The average molecular weight is 566 g/mol. The minimum atomic E-state index is -3.13. The minimum absolute atomic E-state index is 0.252. The SMILES string of the molecule is CCCCNc1nc(N)nc2c3ccccc3n(Cc3cc(CNC4CCN(S(C)(=O)=O)CC4)ccc3OC)c12. The minimum Gasteiger partial charge on any atom is -0.496 e. The highest BCUT2D eigenvalue weighted by molar-refractivity contribution is 7.88. The molecule has 1 aliphatic heterocycles. The summed E-state index contributed by atoms with van der Waals surface area (Å²) in [6.45, 7) is 5.34. The summed E-state index contributed by atoms with van der Waals surface area (Å²) in [5, 5.41) is 8.14. The molecule has 214 valence electrons. The number of anilines is 2. The first kappa shape index (κ1) is 28.1. The Kier molecular flexibility index (Phi) is 8.43. The van der Waals surface area contributed by atoms with Gasteiger partial charge in [0.1, 0.15) is 16.8 Å². The summed E-state index contributed by atoms with van der Waals surface area (Å²) in [4.78, 5) is 9.23. The zero-order chi connectivity index (χ0) is 28.3. The normalized spacial score (nSPS) is 15.2. The summed E-state index contributed by atoms with van der Waals surface area (Å²) in [5.41, 5.74) is 11.1. The molecule has 0 radical (unpaired) electrons. The first-order valence-electron chi connectivity index (χ1n) is 13.9. The van der Waals surface area contributed by atoms with Crippen molar-refractivity contribution in [3.05, 3.63) is 53.6 Å². The third-order valence-electron chi connectivity index (χ3n) is 7.64. The van der Waals surface area contributed by atoms with E-state index >= 15 is 0 Å². The van der Waals surface area contributed by atoms with Crippen LogP contribution in [0.2, 0.25) is 0 Å². The Bertz CT molecular complexity index is 1590. The van der Waals surface area contributed by atoms with Gasteiger partial charge in [0.05, 0.1) is 25.4 Å². The maximum Gasteiger partial charge on any atom is 0.222 e. The quantitative estimate of drug-likeness (QED) is 0.233. The van der Waals surface area contributed by atoms with Gasteiger partial charge in [-0.1, -0.05) is 37.6 Å². The van der Waals surface area contributed by atoms with E-state index in [0.717, 1.165) is 76.9 Å². The number of methoxy groups -OCH3 is 1. The lowest BCUT2D eigenvalue weighted by atomic mass is 10.1. The lowest BCUT2D eigenvalue weighted by Crippen LogP contribution is -2.44. The molecule has 2 aromatic carbocycles. The molecular formula is C29H39N7O3S. The van der Waals surface area contributed by atoms with Gasteiger partial charge in [0.2, 0.25) is 16.0 Å². The molecule has 4 aromatic rings. The van der Waals surface area contributed by atoms with Crippen LogP contribution in [0, 0.1) is 0 Å². The number of nitrogen functional groups attached to an aromatic ring is 1. The van der Waals surface area contributed by atoms with Crippen molar-refractivity contribution in [2.75, 3.05) is 44.1 Å². The number of ether oxygens (including phenoxy) is 1. The van der Waals surface area contributed by atoms with E-state index in [4.69, 9.17) is 10.5 Å². The predicted molar refractivity (Wildman–Crippen MR) is 161 cm³/mol. The predicted octanol–water partition coefficient (Wildman–Crippen LogP) is 3.95. The summed E-state index contributed by atoms with van der Waals surface area (Å²) >= 11 is 0. The van der Waals surface area contributed by atoms with E-state index < -0.39 is 10.0 Å². The van der Waals surface area contributed by atoms with Crippen LogP contribution in [0.4, 0.5) is 11.8 Å². The summed E-state index contributed by atoms with van der Waals surface area (Å²) < 4.78 is 33.3. The molecule has 5 rings (SSSR count). The van der Waals surface area contributed by atoms with E-state index in [1.807, 2.05) is 18.2 Å². The number of rotatable bonds is 11. The number of hydrogen-bond donors (Lipinski definition) is 3. The molecule has 40 heavy (non-hydrogen) atoms. The number of nitrogens with zero attached hydrogens (tertiary/aromatic N) is 4. The number of benzene rings is 2. The molecular weight excluding hydrogens is 526 g/mol. The van der Waals surface area contributed by atoms with Gasteiger partial charge in [-0.15, -0.1) is 0 Å². The standard InChI is InChI=1S/C29H39N7O3S/c1-4-5-14-31-28-27-26(33-29(30)34-28)23-8-6-7-9-24(23)36(27)19-21-17-20(10-11-25(21)39-2)18-32-22-12-15-35(16-13-22)40(3,37)38/h6-11,17,22,32H,4-5,12-16,18-19H2,1-3H3,(H3,30,31,33,34). The van der Waals surface area contributed by atoms with Gasteiger partial charge >= 0.3 is 0 Å². The second-order valence-corrected chi connectivity index (χ2v) is 12.5. The summed E-state index contributed by atoms with van der Waals surface area (Å²) in [7, 11) is -1.44. The molecule has 2 aromatic heterocycles. The van der Waals surface area contributed by atoms with Gasteiger partial charge in [-0.25, -0.2) is 17.7 Å². The maximum atomic E-state index is 11.8. The van der Waals surface area contributed by atoms with E-state index in [9.17, 15) is 8.42 Å². The van der Waals surface area contributed by atoms with Gasteiger partial charge in [0.25, 0.3) is 0 Å². The van der Waals surface area contributed by atoms with Crippen molar-refractivity contribution in [2.45, 2.75) is 51.7 Å². The van der Waals surface area contributed by atoms with Gasteiger partial charge in [0.15, 0.2) is 5.82 Å². The van der Waals surface area contributed by atoms with Gasteiger partial charge in [-0.05, 0) is 43.0 Å². The third-order valence-corrected chi connectivity index (χ3v) is 8.94. The first-order chi connectivity index (χ1) is 19.3. The highest BCUT2D eigenvalue weighted by Crippen LogP contribution is 2.34. The van der Waals surface area contributed by atoms with Gasteiger partial charge in [0, 0.05) is 43.2 Å². The topological polar surface area (TPSA) is 127 Å². The summed E-state index contributed by atoms with van der Waals surface area (Å²) in [6.07, 6.45) is 4.99. The fourth-order valence-electron chi connectivity index (χ4n) is 5.51. The molecule has 0 unspecified atom stereocenters. The Balaban J connectivity index is 1.44. The van der Waals surface area contributed by atoms with Crippen LogP contribution < -0.4 is 21.1 Å². The fraction of sp³-hybridized carbons (Fsp3) is 0.448. The number of piperidine rings is 1. The molecule has 10 nitrogen and oxygen atoms in total. The molecule has 1 aliphatic rings. The number of sulfonamides is 1. The number of para-hydroxylation sites is 1. The summed E-state index contributed by atoms with van der Waals surface area (Å²) in [6, 6.07) is 14.8. The van der Waals surface area contributed by atoms with E-state index in [1.54, 1.807) is 11.4 Å². The number of fused-ring (bicyclic) bond motifs is 3. The van der Waals surface area contributed by atoms with Crippen molar-refractivity contribution in [1.82, 2.24) is 24.2 Å². The van der Waals surface area contributed by atoms with Crippen LogP contribution in [0.5, 0.6) is 5.75 Å². The van der Waals surface area contributed by atoms with Crippen LogP contribution in [0.3, 0.4) is 0 Å². The molecule has 4 N–H and O–H groups in total. The number of nitrogens with two attached hydrogens (primary N) is 1. The molecule has 1 fully saturated rings. The van der Waals surface area contributed by atoms with Crippen LogP contribution in [-0.2, 0) is 23.1 Å². The van der Waals surface area contributed by atoms with Crippen LogP contribution in [0.15, 0.2) is 42.5 Å². The number of aromatic nitrogens is 3. The Morgan fingerprint density at radius 2 is 1.90 bits per heavy atom. The molecule has 0 bridgehead atoms. The smallest absolute Gasteiger partial charge is 0.222 e. The van der Waals surface area contributed by atoms with Crippen LogP contribution in [0.1, 0.15) is 43.7 Å². The number of nitrogens with one attached hydrogen (secondary N) is 2. The number of unbranched alkanes of at least 4 members (excludes halogenated alkanes) is 1.